The van der Waals surface area contributed by atoms with E-state index in [0.29, 0.717) is 24.6 Å². The van der Waals surface area contributed by atoms with Crippen LogP contribution in [0.5, 0.6) is 0 Å². The molecule has 2 N–H and O–H groups in total. The highest BCUT2D eigenvalue weighted by Gasteiger charge is 2.20. The number of carbonyl (C=O) groups is 1. The van der Waals surface area contributed by atoms with Crippen LogP contribution in [-0.4, -0.2) is 21.9 Å². The lowest BCUT2D eigenvalue weighted by molar-refractivity contribution is -0.121. The van der Waals surface area contributed by atoms with E-state index in [1.54, 1.807) is 11.3 Å². The summed E-state index contributed by atoms with van der Waals surface area (Å²) >= 11 is 1.65. The van der Waals surface area contributed by atoms with Crippen molar-refractivity contribution in [1.82, 2.24) is 15.3 Å². The first kappa shape index (κ1) is 20.1. The predicted octanol–water partition coefficient (Wildman–Crippen LogP) is 4.13. The zero-order valence-corrected chi connectivity index (χ0v) is 17.5. The van der Waals surface area contributed by atoms with Crippen molar-refractivity contribution in [1.29, 1.82) is 0 Å². The van der Waals surface area contributed by atoms with Gasteiger partial charge in [-0.25, -0.2) is 4.98 Å². The first-order chi connectivity index (χ1) is 12.9. The fraction of sp³-hybridized carbons (Fsp3) is 0.667. The van der Waals surface area contributed by atoms with E-state index in [1.165, 1.54) is 23.3 Å². The molecule has 0 spiro atoms. The number of amides is 1. The number of hydrogen-bond donors (Lipinski definition) is 2. The number of rotatable bonds is 8. The zero-order chi connectivity index (χ0) is 19.4. The van der Waals surface area contributed by atoms with E-state index in [4.69, 9.17) is 0 Å². The van der Waals surface area contributed by atoms with E-state index in [-0.39, 0.29) is 17.5 Å². The Balaban J connectivity index is 1.57. The Bertz CT molecular complexity index is 853. The summed E-state index contributed by atoms with van der Waals surface area (Å²) in [7, 11) is 0. The Hall–Kier alpha value is -1.69. The molecule has 27 heavy (non-hydrogen) atoms. The maximum atomic E-state index is 12.5. The Labute approximate surface area is 165 Å². The van der Waals surface area contributed by atoms with E-state index in [9.17, 15) is 9.59 Å². The smallest absolute Gasteiger partial charge is 0.259 e. The van der Waals surface area contributed by atoms with Gasteiger partial charge in [-0.15, -0.1) is 11.3 Å². The normalized spacial score (nSPS) is 15.1. The van der Waals surface area contributed by atoms with Crippen molar-refractivity contribution in [2.75, 3.05) is 0 Å². The van der Waals surface area contributed by atoms with Gasteiger partial charge in [0.1, 0.15) is 10.7 Å². The van der Waals surface area contributed by atoms with E-state index >= 15 is 0 Å². The average molecular weight is 390 g/mol. The van der Waals surface area contributed by atoms with Crippen molar-refractivity contribution < 1.29 is 4.79 Å². The fourth-order valence-corrected chi connectivity index (χ4v) is 5.09. The van der Waals surface area contributed by atoms with Crippen molar-refractivity contribution in [2.24, 2.45) is 5.92 Å². The SMILES string of the molecule is CC(C)CCCC(C)NC(=O)CCc1nc2sc3c(c2c(=O)[nH]1)CCCC3. The van der Waals surface area contributed by atoms with Gasteiger partial charge in [-0.3, -0.25) is 9.59 Å². The lowest BCUT2D eigenvalue weighted by atomic mass is 9.97. The van der Waals surface area contributed by atoms with Gasteiger partial charge in [-0.05, 0) is 50.5 Å². The van der Waals surface area contributed by atoms with Gasteiger partial charge in [0.15, 0.2) is 0 Å². The van der Waals surface area contributed by atoms with Gasteiger partial charge in [0.25, 0.3) is 5.56 Å². The molecule has 0 radical (unpaired) electrons. The molecule has 0 saturated heterocycles. The van der Waals surface area contributed by atoms with E-state index in [2.05, 4.69) is 36.1 Å². The summed E-state index contributed by atoms with van der Waals surface area (Å²) in [6.45, 7) is 6.50. The molecular weight excluding hydrogens is 358 g/mol. The minimum atomic E-state index is -0.0446. The van der Waals surface area contributed by atoms with Gasteiger partial charge in [0.05, 0.1) is 5.39 Å². The summed E-state index contributed by atoms with van der Waals surface area (Å²) in [5, 5.41) is 3.84. The summed E-state index contributed by atoms with van der Waals surface area (Å²) in [5.74, 6) is 1.35. The summed E-state index contributed by atoms with van der Waals surface area (Å²) in [4.78, 5) is 34.4. The second kappa shape index (κ2) is 9.00. The number of aryl methyl sites for hydroxylation is 3. The highest BCUT2D eigenvalue weighted by atomic mass is 32.1. The Morgan fingerprint density at radius 3 is 2.78 bits per heavy atom. The number of fused-ring (bicyclic) bond motifs is 3. The average Bonchev–Trinajstić information content (AvgIpc) is 2.98. The maximum Gasteiger partial charge on any atom is 0.259 e. The van der Waals surface area contributed by atoms with Crippen LogP contribution in [0.2, 0.25) is 0 Å². The van der Waals surface area contributed by atoms with Crippen molar-refractivity contribution >= 4 is 27.5 Å². The van der Waals surface area contributed by atoms with Crippen LogP contribution in [0.1, 0.15) is 75.6 Å². The summed E-state index contributed by atoms with van der Waals surface area (Å²) in [6, 6.07) is 0.190. The predicted molar refractivity (Wildman–Crippen MR) is 111 cm³/mol. The molecule has 6 heteroatoms. The minimum absolute atomic E-state index is 0.0280. The third-order valence-electron chi connectivity index (χ3n) is 5.29. The van der Waals surface area contributed by atoms with Gasteiger partial charge in [0, 0.05) is 23.8 Å². The standard InChI is InChI=1S/C21H31N3O2S/c1-13(2)7-6-8-14(3)22-18(25)12-11-17-23-20(26)19-15-9-4-5-10-16(15)27-21(19)24-17/h13-14H,4-12H2,1-3H3,(H,22,25)(H,23,24,26). The summed E-state index contributed by atoms with van der Waals surface area (Å²) < 4.78 is 0. The van der Waals surface area contributed by atoms with Crippen LogP contribution in [0.4, 0.5) is 0 Å². The second-order valence-corrected chi connectivity index (χ2v) is 9.28. The van der Waals surface area contributed by atoms with Crippen LogP contribution in [0.25, 0.3) is 10.2 Å². The van der Waals surface area contributed by atoms with Gasteiger partial charge in [0.2, 0.25) is 5.91 Å². The maximum absolute atomic E-state index is 12.5. The van der Waals surface area contributed by atoms with Crippen molar-refractivity contribution in [2.45, 2.75) is 84.6 Å². The van der Waals surface area contributed by atoms with E-state index in [0.717, 1.165) is 42.3 Å². The number of H-pyrrole nitrogens is 1. The molecule has 0 aliphatic heterocycles. The lowest BCUT2D eigenvalue weighted by Crippen LogP contribution is -2.32. The third-order valence-corrected chi connectivity index (χ3v) is 6.47. The molecule has 5 nitrogen and oxygen atoms in total. The number of aromatic amines is 1. The first-order valence-corrected chi connectivity index (χ1v) is 11.1. The molecule has 1 aliphatic rings. The Kier molecular flexibility index (Phi) is 6.68. The third kappa shape index (κ3) is 5.18. The molecule has 2 heterocycles. The number of thiophene rings is 1. The molecular formula is C21H31N3O2S. The quantitative estimate of drug-likeness (QED) is 0.713. The number of nitrogens with zero attached hydrogens (tertiary/aromatic N) is 1. The van der Waals surface area contributed by atoms with Crippen LogP contribution >= 0.6 is 11.3 Å². The van der Waals surface area contributed by atoms with Gasteiger partial charge < -0.3 is 10.3 Å². The van der Waals surface area contributed by atoms with Crippen LogP contribution in [-0.2, 0) is 24.1 Å². The van der Waals surface area contributed by atoms with Gasteiger partial charge in [-0.2, -0.15) is 0 Å². The lowest BCUT2D eigenvalue weighted by Gasteiger charge is -2.14. The Morgan fingerprint density at radius 2 is 2.00 bits per heavy atom. The second-order valence-electron chi connectivity index (χ2n) is 8.20. The molecule has 0 fully saturated rings. The highest BCUT2D eigenvalue weighted by molar-refractivity contribution is 7.18. The molecule has 1 aliphatic carbocycles. The van der Waals surface area contributed by atoms with Crippen LogP contribution in [0.3, 0.4) is 0 Å². The van der Waals surface area contributed by atoms with Gasteiger partial charge >= 0.3 is 0 Å². The molecule has 0 bridgehead atoms. The summed E-state index contributed by atoms with van der Waals surface area (Å²) in [5.41, 5.74) is 1.16. The van der Waals surface area contributed by atoms with Crippen molar-refractivity contribution in [3.05, 3.63) is 26.6 Å². The van der Waals surface area contributed by atoms with E-state index < -0.39 is 0 Å². The zero-order valence-electron chi connectivity index (χ0n) is 16.7. The molecule has 2 aromatic rings. The fourth-order valence-electron chi connectivity index (χ4n) is 3.81. The monoisotopic (exact) mass is 389 g/mol. The first-order valence-electron chi connectivity index (χ1n) is 10.3. The molecule has 1 unspecified atom stereocenters. The molecule has 2 aromatic heterocycles. The molecule has 148 valence electrons. The van der Waals surface area contributed by atoms with Crippen molar-refractivity contribution in [3.63, 3.8) is 0 Å². The Morgan fingerprint density at radius 1 is 1.22 bits per heavy atom. The summed E-state index contributed by atoms with van der Waals surface area (Å²) in [6.07, 6.45) is 8.54. The number of nitrogens with one attached hydrogen (secondary N) is 2. The molecule has 0 aromatic carbocycles. The number of aromatic nitrogens is 2. The van der Waals surface area contributed by atoms with Crippen LogP contribution < -0.4 is 10.9 Å². The van der Waals surface area contributed by atoms with Crippen LogP contribution in [0, 0.1) is 5.92 Å². The minimum Gasteiger partial charge on any atom is -0.354 e. The van der Waals surface area contributed by atoms with Gasteiger partial charge in [-0.1, -0.05) is 26.7 Å². The number of carbonyl (C=O) groups excluding carboxylic acids is 1. The topological polar surface area (TPSA) is 74.8 Å². The van der Waals surface area contributed by atoms with E-state index in [1.807, 2.05) is 0 Å². The molecule has 3 rings (SSSR count). The van der Waals surface area contributed by atoms with Crippen molar-refractivity contribution in [3.8, 4) is 0 Å². The molecule has 0 saturated carbocycles. The highest BCUT2D eigenvalue weighted by Crippen LogP contribution is 2.33. The molecule has 1 atom stereocenters. The largest absolute Gasteiger partial charge is 0.354 e. The number of hydrogen-bond acceptors (Lipinski definition) is 4. The molecule has 1 amide bonds. The van der Waals surface area contributed by atoms with Crippen LogP contribution in [0.15, 0.2) is 4.79 Å².